The molecular weight excluding hydrogens is 400 g/mol. The van der Waals surface area contributed by atoms with Crippen LogP contribution >= 0.6 is 0 Å². The standard InChI is InChI=1S/C21H23N3O5.CH5N/c25-19-8-7-17(20(26)22-19)24-14-18(29-21(24)27)16-5-3-15(4-6-16)2-1-9-23-10-12-28-13-11-23;1-2/h3-6,17-18H,7-14H2,(H,22,25,26);2H2,1H3. The van der Waals surface area contributed by atoms with Gasteiger partial charge in [0.25, 0.3) is 0 Å². The van der Waals surface area contributed by atoms with Crippen molar-refractivity contribution >= 4 is 17.9 Å². The summed E-state index contributed by atoms with van der Waals surface area (Å²) < 4.78 is 10.8. The van der Waals surface area contributed by atoms with Crippen molar-refractivity contribution in [3.05, 3.63) is 35.4 Å². The van der Waals surface area contributed by atoms with Crippen LogP contribution in [0.15, 0.2) is 24.3 Å². The van der Waals surface area contributed by atoms with E-state index in [1.54, 1.807) is 0 Å². The van der Waals surface area contributed by atoms with E-state index in [1.165, 1.54) is 11.9 Å². The number of nitrogens with two attached hydrogens (primary N) is 1. The number of morpholine rings is 1. The number of imide groups is 1. The van der Waals surface area contributed by atoms with Crippen molar-refractivity contribution in [2.24, 2.45) is 5.73 Å². The maximum atomic E-state index is 12.2. The molecule has 0 aliphatic carbocycles. The molecule has 3 heterocycles. The minimum atomic E-state index is -0.657. The zero-order valence-electron chi connectivity index (χ0n) is 17.6. The summed E-state index contributed by atoms with van der Waals surface area (Å²) >= 11 is 0. The van der Waals surface area contributed by atoms with Crippen molar-refractivity contribution in [2.75, 3.05) is 46.4 Å². The molecular formula is C22H28N4O5. The first-order valence-corrected chi connectivity index (χ1v) is 10.4. The van der Waals surface area contributed by atoms with Gasteiger partial charge in [0.05, 0.1) is 26.3 Å². The number of carbonyl (C=O) groups is 3. The monoisotopic (exact) mass is 428 g/mol. The van der Waals surface area contributed by atoms with Gasteiger partial charge in [0, 0.05) is 25.1 Å². The van der Waals surface area contributed by atoms with E-state index in [2.05, 4.69) is 27.8 Å². The molecule has 0 aromatic heterocycles. The zero-order chi connectivity index (χ0) is 22.2. The molecule has 3 fully saturated rings. The van der Waals surface area contributed by atoms with E-state index in [9.17, 15) is 14.4 Å². The van der Waals surface area contributed by atoms with Gasteiger partial charge in [-0.1, -0.05) is 24.0 Å². The molecule has 0 spiro atoms. The topological polar surface area (TPSA) is 114 Å². The summed E-state index contributed by atoms with van der Waals surface area (Å²) in [6.07, 6.45) is -0.422. The van der Waals surface area contributed by atoms with Crippen molar-refractivity contribution in [3.63, 3.8) is 0 Å². The maximum Gasteiger partial charge on any atom is 0.411 e. The number of benzene rings is 1. The average molecular weight is 428 g/mol. The van der Waals surface area contributed by atoms with Gasteiger partial charge in [-0.15, -0.1) is 0 Å². The van der Waals surface area contributed by atoms with Crippen LogP contribution in [-0.4, -0.2) is 80.2 Å². The first-order valence-electron chi connectivity index (χ1n) is 10.4. The fourth-order valence-electron chi connectivity index (χ4n) is 3.68. The van der Waals surface area contributed by atoms with Crippen LogP contribution in [0.1, 0.15) is 30.1 Å². The van der Waals surface area contributed by atoms with Gasteiger partial charge < -0.3 is 15.2 Å². The van der Waals surface area contributed by atoms with Crippen LogP contribution in [0, 0.1) is 11.8 Å². The highest BCUT2D eigenvalue weighted by Crippen LogP contribution is 2.29. The Kier molecular flexibility index (Phi) is 8.00. The second kappa shape index (κ2) is 10.9. The number of ether oxygens (including phenoxy) is 2. The minimum Gasteiger partial charge on any atom is -0.439 e. The molecule has 3 N–H and O–H groups in total. The number of carbonyl (C=O) groups excluding carboxylic acids is 3. The highest BCUT2D eigenvalue weighted by atomic mass is 16.6. The van der Waals surface area contributed by atoms with E-state index in [0.29, 0.717) is 13.0 Å². The molecule has 9 nitrogen and oxygen atoms in total. The summed E-state index contributed by atoms with van der Waals surface area (Å²) in [5.74, 6) is 5.59. The Bertz CT molecular complexity index is 855. The maximum absolute atomic E-state index is 12.2. The Labute approximate surface area is 181 Å². The number of hydrogen-bond donors (Lipinski definition) is 2. The van der Waals surface area contributed by atoms with Crippen LogP contribution in [0.2, 0.25) is 0 Å². The molecule has 31 heavy (non-hydrogen) atoms. The number of amides is 3. The molecule has 1 aromatic rings. The Hall–Kier alpha value is -2.93. The Balaban J connectivity index is 0.00000132. The van der Waals surface area contributed by atoms with Crippen LogP contribution in [0.3, 0.4) is 0 Å². The summed E-state index contributed by atoms with van der Waals surface area (Å²) in [6, 6.07) is 6.94. The van der Waals surface area contributed by atoms with E-state index >= 15 is 0 Å². The van der Waals surface area contributed by atoms with E-state index in [1.807, 2.05) is 24.3 Å². The third-order valence-corrected chi connectivity index (χ3v) is 5.35. The lowest BCUT2D eigenvalue weighted by molar-refractivity contribution is -0.136. The predicted octanol–water partition coefficient (Wildman–Crippen LogP) is 0.244. The summed E-state index contributed by atoms with van der Waals surface area (Å²) in [6.45, 7) is 4.33. The number of cyclic esters (lactones) is 1. The molecule has 0 bridgehead atoms. The Morgan fingerprint density at radius 2 is 1.84 bits per heavy atom. The molecule has 0 radical (unpaired) electrons. The van der Waals surface area contributed by atoms with Gasteiger partial charge in [0.15, 0.2) is 0 Å². The van der Waals surface area contributed by atoms with Crippen molar-refractivity contribution in [1.29, 1.82) is 0 Å². The van der Waals surface area contributed by atoms with Crippen LogP contribution in [-0.2, 0) is 19.1 Å². The number of rotatable bonds is 3. The first-order chi connectivity index (χ1) is 15.1. The molecule has 3 aliphatic heterocycles. The van der Waals surface area contributed by atoms with Gasteiger partial charge in [-0.2, -0.15) is 0 Å². The molecule has 3 saturated heterocycles. The van der Waals surface area contributed by atoms with Gasteiger partial charge in [-0.25, -0.2) is 4.79 Å². The quantitative estimate of drug-likeness (QED) is 0.524. The van der Waals surface area contributed by atoms with E-state index < -0.39 is 24.1 Å². The largest absolute Gasteiger partial charge is 0.439 e. The van der Waals surface area contributed by atoms with Crippen LogP contribution < -0.4 is 11.1 Å². The van der Waals surface area contributed by atoms with E-state index in [4.69, 9.17) is 9.47 Å². The second-order valence-corrected chi connectivity index (χ2v) is 7.30. The van der Waals surface area contributed by atoms with Crippen LogP contribution in [0.25, 0.3) is 0 Å². The van der Waals surface area contributed by atoms with Gasteiger partial charge in [-0.3, -0.25) is 24.7 Å². The van der Waals surface area contributed by atoms with Crippen LogP contribution in [0.4, 0.5) is 4.79 Å². The Morgan fingerprint density at radius 1 is 1.13 bits per heavy atom. The van der Waals surface area contributed by atoms with Gasteiger partial charge in [0.2, 0.25) is 11.8 Å². The smallest absolute Gasteiger partial charge is 0.411 e. The molecule has 1 aromatic carbocycles. The highest BCUT2D eigenvalue weighted by molar-refractivity contribution is 6.01. The van der Waals surface area contributed by atoms with Crippen molar-refractivity contribution < 1.29 is 23.9 Å². The summed E-state index contributed by atoms with van der Waals surface area (Å²) in [7, 11) is 1.50. The number of nitrogens with one attached hydrogen (secondary N) is 1. The Morgan fingerprint density at radius 3 is 2.52 bits per heavy atom. The molecule has 0 saturated carbocycles. The molecule has 3 aliphatic rings. The predicted molar refractivity (Wildman–Crippen MR) is 113 cm³/mol. The molecule has 3 amide bonds. The molecule has 2 atom stereocenters. The fourth-order valence-corrected chi connectivity index (χ4v) is 3.68. The van der Waals surface area contributed by atoms with E-state index in [-0.39, 0.29) is 18.9 Å². The summed E-state index contributed by atoms with van der Waals surface area (Å²) in [5, 5.41) is 2.28. The lowest BCUT2D eigenvalue weighted by Gasteiger charge is -2.27. The van der Waals surface area contributed by atoms with Gasteiger partial charge >= 0.3 is 6.09 Å². The second-order valence-electron chi connectivity index (χ2n) is 7.30. The first kappa shape index (κ1) is 22.7. The lowest BCUT2D eigenvalue weighted by atomic mass is 10.0. The third kappa shape index (κ3) is 5.82. The molecule has 4 rings (SSSR count). The summed E-state index contributed by atoms with van der Waals surface area (Å²) in [4.78, 5) is 39.3. The van der Waals surface area contributed by atoms with Crippen LogP contribution in [0.5, 0.6) is 0 Å². The SMILES string of the molecule is CN.O=C1CCC(N2CC(c3ccc(C#CCN4CCOCC4)cc3)OC2=O)C(=O)N1. The molecule has 166 valence electrons. The number of piperidine rings is 1. The van der Waals surface area contributed by atoms with E-state index in [0.717, 1.165) is 37.4 Å². The zero-order valence-corrected chi connectivity index (χ0v) is 17.6. The van der Waals surface area contributed by atoms with Crippen molar-refractivity contribution in [2.45, 2.75) is 25.0 Å². The summed E-state index contributed by atoms with van der Waals surface area (Å²) in [5.41, 5.74) is 6.25. The van der Waals surface area contributed by atoms with Gasteiger partial charge in [-0.05, 0) is 31.2 Å². The molecule has 9 heteroatoms. The van der Waals surface area contributed by atoms with Crippen molar-refractivity contribution in [1.82, 2.24) is 15.1 Å². The number of nitrogens with zero attached hydrogens (tertiary/aromatic N) is 2. The normalized spacial score (nSPS) is 23.8. The average Bonchev–Trinajstić information content (AvgIpc) is 3.18. The molecule has 2 unspecified atom stereocenters. The van der Waals surface area contributed by atoms with Gasteiger partial charge in [0.1, 0.15) is 12.1 Å². The lowest BCUT2D eigenvalue weighted by Crippen LogP contribution is -2.52. The number of hydrogen-bond acceptors (Lipinski definition) is 7. The minimum absolute atomic E-state index is 0.225. The van der Waals surface area contributed by atoms with Crippen molar-refractivity contribution in [3.8, 4) is 11.8 Å². The highest BCUT2D eigenvalue weighted by Gasteiger charge is 2.41. The third-order valence-electron chi connectivity index (χ3n) is 5.35. The fraction of sp³-hybridized carbons (Fsp3) is 0.500.